The maximum atomic E-state index is 11.9. The molecule has 110 valence electrons. The second kappa shape index (κ2) is 6.50. The molecule has 0 amide bonds. The number of benzene rings is 2. The maximum absolute atomic E-state index is 11.9. The van der Waals surface area contributed by atoms with Gasteiger partial charge in [0.15, 0.2) is 5.75 Å². The highest BCUT2D eigenvalue weighted by Crippen LogP contribution is 2.36. The predicted molar refractivity (Wildman–Crippen MR) is 83.1 cm³/mol. The highest BCUT2D eigenvalue weighted by molar-refractivity contribution is 6.33. The van der Waals surface area contributed by atoms with Crippen LogP contribution in [0.2, 0.25) is 5.02 Å². The van der Waals surface area contributed by atoms with E-state index in [1.165, 1.54) is 19.2 Å². The minimum Gasteiger partial charge on any atom is -0.465 e. The number of aryl methyl sites for hydroxylation is 1. The van der Waals surface area contributed by atoms with Gasteiger partial charge >= 0.3 is 5.97 Å². The number of methoxy groups -OCH3 is 1. The summed E-state index contributed by atoms with van der Waals surface area (Å²) in [4.78, 5) is 11.9. The number of rotatable bonds is 4. The molecule has 0 saturated heterocycles. The first kappa shape index (κ1) is 15.2. The number of carbonyl (C=O) groups is 1. The molecule has 0 radical (unpaired) electrons. The van der Waals surface area contributed by atoms with Crippen molar-refractivity contribution < 1.29 is 14.3 Å². The summed E-state index contributed by atoms with van der Waals surface area (Å²) in [5.41, 5.74) is 7.31. The summed E-state index contributed by atoms with van der Waals surface area (Å²) in [6, 6.07) is 10.6. The second-order valence-electron chi connectivity index (χ2n) is 4.43. The number of para-hydroxylation sites is 1. The molecule has 0 aliphatic rings. The molecule has 0 aliphatic carbocycles. The Morgan fingerprint density at radius 3 is 2.67 bits per heavy atom. The monoisotopic (exact) mass is 305 g/mol. The van der Waals surface area contributed by atoms with Crippen LogP contribution in [0.3, 0.4) is 0 Å². The summed E-state index contributed by atoms with van der Waals surface area (Å²) in [5, 5.41) is 0.265. The van der Waals surface area contributed by atoms with Crippen molar-refractivity contribution in [3.05, 3.63) is 52.5 Å². The SMILES string of the molecule is CCc1ccccc1Oc1c(Cl)cc(N)cc1C(=O)OC. The first-order valence-corrected chi connectivity index (χ1v) is 6.87. The first-order valence-electron chi connectivity index (χ1n) is 6.50. The van der Waals surface area contributed by atoms with Gasteiger partial charge in [-0.2, -0.15) is 0 Å². The van der Waals surface area contributed by atoms with Crippen LogP contribution in [0.1, 0.15) is 22.8 Å². The number of hydrogen-bond donors (Lipinski definition) is 1. The van der Waals surface area contributed by atoms with Crippen LogP contribution >= 0.6 is 11.6 Å². The number of nitrogens with two attached hydrogens (primary N) is 1. The fraction of sp³-hybridized carbons (Fsp3) is 0.188. The molecule has 0 bridgehead atoms. The molecular formula is C16H16ClNO3. The van der Waals surface area contributed by atoms with Crippen molar-refractivity contribution in [1.82, 2.24) is 0 Å². The van der Waals surface area contributed by atoms with Crippen LogP contribution in [0.4, 0.5) is 5.69 Å². The molecule has 0 spiro atoms. The Kier molecular flexibility index (Phi) is 4.70. The number of nitrogen functional groups attached to an aromatic ring is 1. The van der Waals surface area contributed by atoms with Crippen LogP contribution < -0.4 is 10.5 Å². The largest absolute Gasteiger partial charge is 0.465 e. The molecule has 2 aromatic rings. The van der Waals surface area contributed by atoms with Crippen LogP contribution in [0.15, 0.2) is 36.4 Å². The van der Waals surface area contributed by atoms with E-state index in [0.29, 0.717) is 11.4 Å². The fourth-order valence-electron chi connectivity index (χ4n) is 1.99. The lowest BCUT2D eigenvalue weighted by atomic mass is 10.1. The van der Waals surface area contributed by atoms with E-state index in [0.717, 1.165) is 12.0 Å². The van der Waals surface area contributed by atoms with Crippen molar-refractivity contribution in [3.63, 3.8) is 0 Å². The van der Waals surface area contributed by atoms with Crippen molar-refractivity contribution in [2.75, 3.05) is 12.8 Å². The topological polar surface area (TPSA) is 61.5 Å². The Labute approximate surface area is 128 Å². The average Bonchev–Trinajstić information content (AvgIpc) is 2.49. The number of ether oxygens (including phenoxy) is 2. The molecule has 0 fully saturated rings. The standard InChI is InChI=1S/C16H16ClNO3/c1-3-10-6-4-5-7-14(10)21-15-12(16(19)20-2)8-11(18)9-13(15)17/h4-9H,3,18H2,1-2H3. The maximum Gasteiger partial charge on any atom is 0.341 e. The number of esters is 1. The average molecular weight is 306 g/mol. The van der Waals surface area contributed by atoms with Crippen molar-refractivity contribution in [2.45, 2.75) is 13.3 Å². The van der Waals surface area contributed by atoms with Gasteiger partial charge in [-0.15, -0.1) is 0 Å². The Hall–Kier alpha value is -2.20. The van der Waals surface area contributed by atoms with E-state index < -0.39 is 5.97 Å². The van der Waals surface area contributed by atoms with Gasteiger partial charge in [0, 0.05) is 5.69 Å². The fourth-order valence-corrected chi connectivity index (χ4v) is 2.25. The highest BCUT2D eigenvalue weighted by Gasteiger charge is 2.19. The van der Waals surface area contributed by atoms with Gasteiger partial charge in [0.1, 0.15) is 11.3 Å². The summed E-state index contributed by atoms with van der Waals surface area (Å²) < 4.78 is 10.6. The number of carbonyl (C=O) groups excluding carboxylic acids is 1. The normalized spacial score (nSPS) is 10.2. The molecule has 4 nitrogen and oxygen atoms in total. The molecule has 2 aromatic carbocycles. The van der Waals surface area contributed by atoms with Crippen molar-refractivity contribution in [1.29, 1.82) is 0 Å². The molecule has 5 heteroatoms. The molecule has 0 aromatic heterocycles. The molecule has 2 rings (SSSR count). The summed E-state index contributed by atoms with van der Waals surface area (Å²) >= 11 is 6.17. The quantitative estimate of drug-likeness (QED) is 0.683. The minimum atomic E-state index is -0.548. The number of anilines is 1. The first-order chi connectivity index (χ1) is 10.1. The molecule has 0 unspecified atom stereocenters. The third-order valence-corrected chi connectivity index (χ3v) is 3.32. The molecule has 0 aliphatic heterocycles. The van der Waals surface area contributed by atoms with Crippen molar-refractivity contribution in [3.8, 4) is 11.5 Å². The molecule has 0 atom stereocenters. The van der Waals surface area contributed by atoms with E-state index >= 15 is 0 Å². The summed E-state index contributed by atoms with van der Waals surface area (Å²) in [5.74, 6) is 0.351. The van der Waals surface area contributed by atoms with Crippen LogP contribution in [0, 0.1) is 0 Å². The van der Waals surface area contributed by atoms with E-state index in [-0.39, 0.29) is 16.3 Å². The molecular weight excluding hydrogens is 290 g/mol. The van der Waals surface area contributed by atoms with E-state index in [1.54, 1.807) is 0 Å². The van der Waals surface area contributed by atoms with Gasteiger partial charge in [0.25, 0.3) is 0 Å². The molecule has 2 N–H and O–H groups in total. The molecule has 0 saturated carbocycles. The van der Waals surface area contributed by atoms with Gasteiger partial charge in [-0.1, -0.05) is 36.7 Å². The Balaban J connectivity index is 2.50. The lowest BCUT2D eigenvalue weighted by molar-refractivity contribution is 0.0598. The van der Waals surface area contributed by atoms with Crippen LogP contribution in [0.5, 0.6) is 11.5 Å². The minimum absolute atomic E-state index is 0.202. The predicted octanol–water partition coefficient (Wildman–Crippen LogP) is 4.06. The smallest absolute Gasteiger partial charge is 0.341 e. The summed E-state index contributed by atoms with van der Waals surface area (Å²) in [6.07, 6.45) is 0.802. The zero-order chi connectivity index (χ0) is 15.4. The lowest BCUT2D eigenvalue weighted by Crippen LogP contribution is -2.06. The number of halogens is 1. The van der Waals surface area contributed by atoms with Crippen LogP contribution in [-0.2, 0) is 11.2 Å². The Morgan fingerprint density at radius 1 is 1.29 bits per heavy atom. The number of hydrogen-bond acceptors (Lipinski definition) is 4. The third-order valence-electron chi connectivity index (χ3n) is 3.04. The van der Waals surface area contributed by atoms with Gasteiger partial charge in [0.2, 0.25) is 0 Å². The zero-order valence-corrected chi connectivity index (χ0v) is 12.6. The lowest BCUT2D eigenvalue weighted by Gasteiger charge is -2.14. The van der Waals surface area contributed by atoms with Crippen molar-refractivity contribution in [2.24, 2.45) is 0 Å². The van der Waals surface area contributed by atoms with E-state index in [9.17, 15) is 4.79 Å². The third kappa shape index (κ3) is 3.28. The molecule has 0 heterocycles. The van der Waals surface area contributed by atoms with Gasteiger partial charge in [-0.3, -0.25) is 0 Å². The Bertz CT molecular complexity index is 671. The van der Waals surface area contributed by atoms with Gasteiger partial charge in [-0.25, -0.2) is 4.79 Å². The van der Waals surface area contributed by atoms with Gasteiger partial charge in [-0.05, 0) is 30.2 Å². The van der Waals surface area contributed by atoms with Crippen molar-refractivity contribution >= 4 is 23.3 Å². The molecule has 21 heavy (non-hydrogen) atoms. The van der Waals surface area contributed by atoms with E-state index in [2.05, 4.69) is 0 Å². The van der Waals surface area contributed by atoms with Gasteiger partial charge in [0.05, 0.1) is 12.1 Å². The second-order valence-corrected chi connectivity index (χ2v) is 4.84. The summed E-state index contributed by atoms with van der Waals surface area (Å²) in [6.45, 7) is 2.02. The van der Waals surface area contributed by atoms with Gasteiger partial charge < -0.3 is 15.2 Å². The summed E-state index contributed by atoms with van der Waals surface area (Å²) in [7, 11) is 1.29. The van der Waals surface area contributed by atoms with Crippen LogP contribution in [0.25, 0.3) is 0 Å². The van der Waals surface area contributed by atoms with Crippen LogP contribution in [-0.4, -0.2) is 13.1 Å². The zero-order valence-electron chi connectivity index (χ0n) is 11.9. The highest BCUT2D eigenvalue weighted by atomic mass is 35.5. The van der Waals surface area contributed by atoms with E-state index in [1.807, 2.05) is 31.2 Å². The Morgan fingerprint density at radius 2 is 2.00 bits per heavy atom. The van der Waals surface area contributed by atoms with E-state index in [4.69, 9.17) is 26.8 Å².